The van der Waals surface area contributed by atoms with Crippen molar-refractivity contribution in [3.8, 4) is 0 Å². The number of H-pyrrole nitrogens is 1. The third-order valence-corrected chi connectivity index (χ3v) is 5.50. The summed E-state index contributed by atoms with van der Waals surface area (Å²) in [5.74, 6) is 0. The third kappa shape index (κ3) is 2.96. The van der Waals surface area contributed by atoms with Crippen LogP contribution >= 0.6 is 11.3 Å². The lowest BCUT2D eigenvalue weighted by Crippen LogP contribution is -2.22. The smallest absolute Gasteiger partial charge is 0.250 e. The number of aromatic nitrogens is 1. The second kappa shape index (κ2) is 5.03. The predicted molar refractivity (Wildman–Crippen MR) is 68.5 cm³/mol. The van der Waals surface area contributed by atoms with Crippen LogP contribution in [-0.2, 0) is 23.0 Å². The van der Waals surface area contributed by atoms with Gasteiger partial charge in [-0.1, -0.05) is 6.92 Å². The molecule has 2 heterocycles. The fourth-order valence-electron chi connectivity index (χ4n) is 1.41. The average Bonchev–Trinajstić information content (AvgIpc) is 2.98. The fraction of sp³-hybridized carbons (Fsp3) is 0.273. The zero-order valence-corrected chi connectivity index (χ0v) is 11.1. The molecule has 6 heteroatoms. The van der Waals surface area contributed by atoms with E-state index >= 15 is 0 Å². The van der Waals surface area contributed by atoms with E-state index in [0.29, 0.717) is 10.8 Å². The van der Waals surface area contributed by atoms with Gasteiger partial charge in [0, 0.05) is 23.8 Å². The molecule has 2 N–H and O–H groups in total. The minimum absolute atomic E-state index is 0.311. The Balaban J connectivity index is 2.08. The Morgan fingerprint density at radius 2 is 2.18 bits per heavy atom. The summed E-state index contributed by atoms with van der Waals surface area (Å²) in [6, 6.07) is 5.35. The first kappa shape index (κ1) is 12.3. The molecule has 0 amide bonds. The zero-order valence-electron chi connectivity index (χ0n) is 9.43. The van der Waals surface area contributed by atoms with Crippen LogP contribution in [0.25, 0.3) is 0 Å². The molecule has 2 rings (SSSR count). The highest BCUT2D eigenvalue weighted by Crippen LogP contribution is 2.21. The molecule has 0 saturated heterocycles. The Bertz CT molecular complexity index is 570. The minimum atomic E-state index is -3.37. The number of aromatic amines is 1. The topological polar surface area (TPSA) is 62.0 Å². The number of aryl methyl sites for hydroxylation is 1. The summed E-state index contributed by atoms with van der Waals surface area (Å²) < 4.78 is 26.8. The summed E-state index contributed by atoms with van der Waals surface area (Å²) >= 11 is 1.32. The second-order valence-electron chi connectivity index (χ2n) is 3.62. The van der Waals surface area contributed by atoms with Gasteiger partial charge in [-0.2, -0.15) is 0 Å². The molecule has 0 spiro atoms. The molecule has 0 bridgehead atoms. The van der Waals surface area contributed by atoms with Crippen LogP contribution in [0.4, 0.5) is 0 Å². The molecule has 2 aromatic heterocycles. The lowest BCUT2D eigenvalue weighted by atomic mass is 10.4. The highest BCUT2D eigenvalue weighted by molar-refractivity contribution is 7.91. The maximum Gasteiger partial charge on any atom is 0.250 e. The van der Waals surface area contributed by atoms with Crippen LogP contribution in [0.15, 0.2) is 34.8 Å². The van der Waals surface area contributed by atoms with Gasteiger partial charge in [0.05, 0.1) is 0 Å². The molecule has 17 heavy (non-hydrogen) atoms. The number of hydrogen-bond acceptors (Lipinski definition) is 3. The summed E-state index contributed by atoms with van der Waals surface area (Å²) in [7, 11) is -3.37. The van der Waals surface area contributed by atoms with Crippen molar-refractivity contribution in [2.75, 3.05) is 0 Å². The van der Waals surface area contributed by atoms with Gasteiger partial charge in [-0.3, -0.25) is 0 Å². The van der Waals surface area contributed by atoms with Gasteiger partial charge in [0.2, 0.25) is 10.0 Å². The van der Waals surface area contributed by atoms with Crippen molar-refractivity contribution < 1.29 is 8.42 Å². The van der Waals surface area contributed by atoms with Gasteiger partial charge >= 0.3 is 0 Å². The molecular weight excluding hydrogens is 256 g/mol. The van der Waals surface area contributed by atoms with Crippen LogP contribution in [0.2, 0.25) is 0 Å². The van der Waals surface area contributed by atoms with Crippen LogP contribution in [0, 0.1) is 0 Å². The summed E-state index contributed by atoms with van der Waals surface area (Å²) in [5, 5.41) is 0. The third-order valence-electron chi connectivity index (χ3n) is 2.38. The average molecular weight is 270 g/mol. The second-order valence-corrected chi connectivity index (χ2v) is 6.78. The molecule has 0 saturated carbocycles. The Kier molecular flexibility index (Phi) is 3.66. The molecule has 0 aliphatic rings. The van der Waals surface area contributed by atoms with Crippen LogP contribution in [0.5, 0.6) is 0 Å². The molecule has 0 atom stereocenters. The molecule has 0 radical (unpaired) electrons. The van der Waals surface area contributed by atoms with Gasteiger partial charge in [0.15, 0.2) is 0 Å². The highest BCUT2D eigenvalue weighted by atomic mass is 32.2. The zero-order chi connectivity index (χ0) is 12.3. The van der Waals surface area contributed by atoms with Crippen LogP contribution in [-0.4, -0.2) is 13.4 Å². The Hall–Kier alpha value is -1.11. The summed E-state index contributed by atoms with van der Waals surface area (Å²) in [4.78, 5) is 3.96. The summed E-state index contributed by atoms with van der Waals surface area (Å²) in [6.45, 7) is 2.32. The minimum Gasteiger partial charge on any atom is -0.367 e. The van der Waals surface area contributed by atoms with Crippen LogP contribution in [0.1, 0.15) is 17.4 Å². The van der Waals surface area contributed by atoms with Gasteiger partial charge in [-0.05, 0) is 30.2 Å². The van der Waals surface area contributed by atoms with Crippen molar-refractivity contribution in [2.45, 2.75) is 24.1 Å². The van der Waals surface area contributed by atoms with E-state index in [1.165, 1.54) is 11.3 Å². The van der Waals surface area contributed by atoms with E-state index in [2.05, 4.69) is 9.71 Å². The standard InChI is InChI=1S/C11H14N2O2S2/c1-2-10-3-4-11(16-10)17(14,15)13-8-9-5-6-12-7-9/h3-7,12-13H,2,8H2,1H3. The lowest BCUT2D eigenvalue weighted by molar-refractivity contribution is 0.583. The van der Waals surface area contributed by atoms with Gasteiger partial charge in [0.1, 0.15) is 4.21 Å². The van der Waals surface area contributed by atoms with Gasteiger partial charge in [-0.15, -0.1) is 11.3 Å². The molecular formula is C11H14N2O2S2. The Morgan fingerprint density at radius 3 is 2.76 bits per heavy atom. The number of sulfonamides is 1. The predicted octanol–water partition coefficient (Wildman–Crippen LogP) is 2.12. The largest absolute Gasteiger partial charge is 0.367 e. The summed E-state index contributed by atoms with van der Waals surface area (Å²) in [5.41, 5.74) is 0.917. The molecule has 0 aliphatic heterocycles. The van der Waals surface area contributed by atoms with E-state index in [0.717, 1.165) is 16.9 Å². The first-order chi connectivity index (χ1) is 8.12. The molecule has 92 valence electrons. The van der Waals surface area contributed by atoms with Crippen molar-refractivity contribution >= 4 is 21.4 Å². The molecule has 0 aliphatic carbocycles. The van der Waals surface area contributed by atoms with Gasteiger partial charge < -0.3 is 4.98 Å². The van der Waals surface area contributed by atoms with Crippen molar-refractivity contribution in [2.24, 2.45) is 0 Å². The molecule has 2 aromatic rings. The van der Waals surface area contributed by atoms with Gasteiger partial charge in [-0.25, -0.2) is 13.1 Å². The van der Waals surface area contributed by atoms with E-state index in [9.17, 15) is 8.42 Å². The number of thiophene rings is 1. The fourth-order valence-corrected chi connectivity index (χ4v) is 3.77. The number of hydrogen-bond donors (Lipinski definition) is 2. The maximum absolute atomic E-state index is 11.9. The first-order valence-electron chi connectivity index (χ1n) is 5.32. The van der Waals surface area contributed by atoms with E-state index < -0.39 is 10.0 Å². The van der Waals surface area contributed by atoms with E-state index in [-0.39, 0.29) is 0 Å². The SMILES string of the molecule is CCc1ccc(S(=O)(=O)NCc2cc[nH]c2)s1. The van der Waals surface area contributed by atoms with Crippen molar-refractivity contribution in [3.05, 3.63) is 41.0 Å². The quantitative estimate of drug-likeness (QED) is 0.874. The lowest BCUT2D eigenvalue weighted by Gasteiger charge is -2.02. The monoisotopic (exact) mass is 270 g/mol. The van der Waals surface area contributed by atoms with Crippen LogP contribution in [0.3, 0.4) is 0 Å². The molecule has 0 unspecified atom stereocenters. The van der Waals surface area contributed by atoms with Crippen LogP contribution < -0.4 is 4.72 Å². The first-order valence-corrected chi connectivity index (χ1v) is 7.62. The number of rotatable bonds is 5. The normalized spacial score (nSPS) is 11.8. The van der Waals surface area contributed by atoms with E-state index in [1.807, 2.05) is 19.1 Å². The van der Waals surface area contributed by atoms with Crippen molar-refractivity contribution in [1.82, 2.24) is 9.71 Å². The number of nitrogens with one attached hydrogen (secondary N) is 2. The highest BCUT2D eigenvalue weighted by Gasteiger charge is 2.15. The molecule has 0 aromatic carbocycles. The maximum atomic E-state index is 11.9. The molecule has 0 fully saturated rings. The Morgan fingerprint density at radius 1 is 1.35 bits per heavy atom. The van der Waals surface area contributed by atoms with Crippen molar-refractivity contribution in [1.29, 1.82) is 0 Å². The Labute approximate surface area is 105 Å². The summed E-state index contributed by atoms with van der Waals surface area (Å²) in [6.07, 6.45) is 4.40. The van der Waals surface area contributed by atoms with Gasteiger partial charge in [0.25, 0.3) is 0 Å². The van der Waals surface area contributed by atoms with Crippen molar-refractivity contribution in [3.63, 3.8) is 0 Å². The van der Waals surface area contributed by atoms with E-state index in [4.69, 9.17) is 0 Å². The molecule has 4 nitrogen and oxygen atoms in total. The van der Waals surface area contributed by atoms with E-state index in [1.54, 1.807) is 18.5 Å².